The molecule has 2 nitrogen and oxygen atoms in total. The molecule has 1 aliphatic rings. The Kier molecular flexibility index (Phi) is 32.7. The summed E-state index contributed by atoms with van der Waals surface area (Å²) in [5.74, 6) is 0.167. The molecule has 1 N–H and O–H groups in total. The van der Waals surface area contributed by atoms with Gasteiger partial charge in [-0.05, 0) is 13.8 Å². The number of aliphatic hydroxyl groups excluding tert-OH is 1. The van der Waals surface area contributed by atoms with Gasteiger partial charge in [-0.1, -0.05) is 38.5 Å². The minimum Gasteiger partial charge on any atom is -0.400 e. The molecule has 0 atom stereocenters. The van der Waals surface area contributed by atoms with Crippen molar-refractivity contribution in [1.29, 1.82) is 0 Å². The van der Waals surface area contributed by atoms with Crippen LogP contribution in [0.15, 0.2) is 0 Å². The molecular formula is C11H24Cl2O2. The van der Waals surface area contributed by atoms with Gasteiger partial charge in [-0.15, -0.1) is 23.2 Å². The lowest BCUT2D eigenvalue weighted by molar-refractivity contribution is -0.114. The Morgan fingerprint density at radius 3 is 1.07 bits per heavy atom. The van der Waals surface area contributed by atoms with Crippen molar-refractivity contribution in [3.63, 3.8) is 0 Å². The van der Waals surface area contributed by atoms with E-state index in [1.54, 1.807) is 0 Å². The van der Waals surface area contributed by atoms with Crippen molar-refractivity contribution in [3.05, 3.63) is 0 Å². The fraction of sp³-hybridized carbons (Fsp3) is 0.909. The first-order valence-corrected chi connectivity index (χ1v) is 6.25. The maximum atomic E-state index is 9.44. The molecule has 0 aromatic heterocycles. The summed E-state index contributed by atoms with van der Waals surface area (Å²) >= 11 is 9.53. The third kappa shape index (κ3) is 54.9. The number of aliphatic hydroxyl groups is 1. The number of rotatable bonds is 0. The largest absolute Gasteiger partial charge is 0.400 e. The molecule has 15 heavy (non-hydrogen) atoms. The van der Waals surface area contributed by atoms with Gasteiger partial charge in [0.05, 0.1) is 5.34 Å². The highest BCUT2D eigenvalue weighted by Crippen LogP contribution is 2.15. The van der Waals surface area contributed by atoms with Crippen molar-refractivity contribution in [3.8, 4) is 0 Å². The third-order valence-corrected chi connectivity index (χ3v) is 1.50. The molecular weight excluding hydrogens is 235 g/mol. The van der Waals surface area contributed by atoms with Gasteiger partial charge in [0.25, 0.3) is 0 Å². The van der Waals surface area contributed by atoms with Crippen LogP contribution < -0.4 is 0 Å². The molecule has 94 valence electrons. The Hall–Kier alpha value is 0.210. The molecule has 1 rings (SSSR count). The molecule has 0 unspecified atom stereocenters. The van der Waals surface area contributed by atoms with Gasteiger partial charge in [0.1, 0.15) is 5.78 Å². The van der Waals surface area contributed by atoms with Crippen LogP contribution in [0.3, 0.4) is 0 Å². The molecule has 1 fully saturated rings. The normalized spacial score (nSPS) is 12.9. The molecule has 0 radical (unpaired) electrons. The number of alkyl halides is 2. The number of carbonyl (C=O) groups is 1. The number of ketones is 1. The summed E-state index contributed by atoms with van der Waals surface area (Å²) in [4.78, 5) is 9.44. The first kappa shape index (κ1) is 20.6. The van der Waals surface area contributed by atoms with Gasteiger partial charge < -0.3 is 9.90 Å². The molecule has 0 amide bonds. The van der Waals surface area contributed by atoms with Crippen molar-refractivity contribution >= 4 is 29.0 Å². The van der Waals surface area contributed by atoms with Crippen LogP contribution in [0.1, 0.15) is 52.4 Å². The van der Waals surface area contributed by atoms with E-state index in [1.807, 2.05) is 0 Å². The third-order valence-electron chi connectivity index (χ3n) is 1.50. The van der Waals surface area contributed by atoms with Gasteiger partial charge in [0.2, 0.25) is 0 Å². The minimum absolute atomic E-state index is 0.167. The quantitative estimate of drug-likeness (QED) is 0.668. The van der Waals surface area contributed by atoms with Crippen LogP contribution in [-0.4, -0.2) is 23.3 Å². The maximum absolute atomic E-state index is 9.44. The Labute approximate surface area is 104 Å². The van der Waals surface area contributed by atoms with Crippen LogP contribution in [0.25, 0.3) is 0 Å². The number of hydrogen-bond donors (Lipinski definition) is 1. The van der Waals surface area contributed by atoms with E-state index in [0.717, 1.165) is 7.11 Å². The van der Waals surface area contributed by atoms with E-state index < -0.39 is 0 Å². The minimum atomic E-state index is 0.167. The van der Waals surface area contributed by atoms with Gasteiger partial charge >= 0.3 is 0 Å². The van der Waals surface area contributed by atoms with Crippen molar-refractivity contribution in [2.75, 3.05) is 12.4 Å². The second-order valence-electron chi connectivity index (χ2n) is 3.13. The summed E-state index contributed by atoms with van der Waals surface area (Å²) in [7, 11) is 1.00. The Bertz CT molecular complexity index is 89.3. The van der Waals surface area contributed by atoms with E-state index in [0.29, 0.717) is 0 Å². The summed E-state index contributed by atoms with van der Waals surface area (Å²) in [5, 5.41) is 7.19. The number of carbonyl (C=O) groups excluding carboxylic acids is 1. The first-order chi connectivity index (χ1) is 7.15. The van der Waals surface area contributed by atoms with E-state index >= 15 is 0 Å². The summed E-state index contributed by atoms with van der Waals surface area (Å²) < 4.78 is 0. The smallest absolute Gasteiger partial charge is 0.126 e. The molecule has 4 heteroatoms. The zero-order valence-corrected chi connectivity index (χ0v) is 11.6. The molecule has 0 heterocycles. The lowest BCUT2D eigenvalue weighted by Gasteiger charge is -2.05. The number of halogens is 2. The molecule has 1 aliphatic carbocycles. The fourth-order valence-corrected chi connectivity index (χ4v) is 1.06. The zero-order valence-electron chi connectivity index (χ0n) is 10.1. The second kappa shape index (κ2) is 23.8. The van der Waals surface area contributed by atoms with Crippen LogP contribution in [0.4, 0.5) is 0 Å². The lowest BCUT2D eigenvalue weighted by atomic mass is 10.0. The second-order valence-corrected chi connectivity index (χ2v) is 3.94. The predicted molar refractivity (Wildman–Crippen MR) is 68.8 cm³/mol. The van der Waals surface area contributed by atoms with Crippen molar-refractivity contribution in [1.82, 2.24) is 0 Å². The molecule has 0 aromatic carbocycles. The Balaban J connectivity index is -0.000000142. The van der Waals surface area contributed by atoms with Gasteiger partial charge in [0.15, 0.2) is 0 Å². The molecule has 0 saturated heterocycles. The van der Waals surface area contributed by atoms with Gasteiger partial charge in [-0.2, -0.15) is 0 Å². The van der Waals surface area contributed by atoms with E-state index in [1.165, 1.54) is 52.4 Å². The summed E-state index contributed by atoms with van der Waals surface area (Å²) in [5.41, 5.74) is 0. The monoisotopic (exact) mass is 258 g/mol. The van der Waals surface area contributed by atoms with E-state index in [2.05, 4.69) is 0 Å². The van der Waals surface area contributed by atoms with Gasteiger partial charge in [0, 0.05) is 7.11 Å². The van der Waals surface area contributed by atoms with Gasteiger partial charge in [-0.3, -0.25) is 0 Å². The van der Waals surface area contributed by atoms with Crippen molar-refractivity contribution in [2.24, 2.45) is 0 Å². The highest BCUT2D eigenvalue weighted by atomic mass is 35.5. The molecule has 0 aromatic rings. The van der Waals surface area contributed by atoms with E-state index in [9.17, 15) is 4.79 Å². The summed E-state index contributed by atoms with van der Waals surface area (Å²) in [6, 6.07) is 0. The molecule has 1 saturated carbocycles. The standard InChI is InChI=1S/C6H12.C3H6O.CH2Cl2.CH4O/c1-2-4-6-5-3-1;1-3(2)4;2-1-3;1-2/h1-6H2;1-2H3;1H2;2H,1H3. The molecule has 0 spiro atoms. The molecule has 0 bridgehead atoms. The van der Waals surface area contributed by atoms with Crippen LogP contribution >= 0.6 is 23.2 Å². The number of Topliss-reactive ketones (excluding diaryl/α,β-unsaturated/α-hetero) is 1. The average molecular weight is 259 g/mol. The predicted octanol–water partition coefficient (Wildman–Crippen LogP) is 3.97. The van der Waals surface area contributed by atoms with Crippen LogP contribution in [0.2, 0.25) is 0 Å². The van der Waals surface area contributed by atoms with E-state index in [-0.39, 0.29) is 11.1 Å². The first-order valence-electron chi connectivity index (χ1n) is 5.19. The topological polar surface area (TPSA) is 37.3 Å². The van der Waals surface area contributed by atoms with Crippen LogP contribution in [-0.2, 0) is 4.79 Å². The maximum Gasteiger partial charge on any atom is 0.126 e. The summed E-state index contributed by atoms with van der Waals surface area (Å²) in [6.07, 6.45) is 9.00. The highest BCUT2D eigenvalue weighted by molar-refractivity contribution is 6.40. The van der Waals surface area contributed by atoms with Crippen LogP contribution in [0.5, 0.6) is 0 Å². The summed E-state index contributed by atoms with van der Waals surface area (Å²) in [6.45, 7) is 3.06. The fourth-order valence-electron chi connectivity index (χ4n) is 1.06. The highest BCUT2D eigenvalue weighted by Gasteiger charge is 1.95. The average Bonchev–Trinajstić information content (AvgIpc) is 2.24. The Morgan fingerprint density at radius 2 is 1.00 bits per heavy atom. The Morgan fingerprint density at radius 1 is 0.933 bits per heavy atom. The van der Waals surface area contributed by atoms with Crippen molar-refractivity contribution in [2.45, 2.75) is 52.4 Å². The zero-order chi connectivity index (χ0) is 12.5. The van der Waals surface area contributed by atoms with Crippen molar-refractivity contribution < 1.29 is 9.90 Å². The van der Waals surface area contributed by atoms with E-state index in [4.69, 9.17) is 28.3 Å². The molecule has 0 aliphatic heterocycles. The SMILES string of the molecule is C1CCCCC1.CC(C)=O.CO.ClCCl. The number of hydrogen-bond acceptors (Lipinski definition) is 2. The lowest BCUT2D eigenvalue weighted by Crippen LogP contribution is -1.85. The van der Waals surface area contributed by atoms with Gasteiger partial charge in [-0.25, -0.2) is 0 Å². The van der Waals surface area contributed by atoms with Crippen LogP contribution in [0, 0.1) is 0 Å².